The number of aromatic nitrogens is 1. The summed E-state index contributed by atoms with van der Waals surface area (Å²) in [6.45, 7) is 1.38. The lowest BCUT2D eigenvalue weighted by Crippen LogP contribution is -2.41. The molecule has 9 heteroatoms. The van der Waals surface area contributed by atoms with Gasteiger partial charge in [-0.1, -0.05) is 0 Å². The maximum Gasteiger partial charge on any atom is 0.255 e. The number of methoxy groups -OCH3 is 2. The van der Waals surface area contributed by atoms with Crippen LogP contribution in [-0.2, 0) is 4.79 Å². The van der Waals surface area contributed by atoms with Gasteiger partial charge in [-0.25, -0.2) is 4.98 Å². The molecule has 1 aromatic carbocycles. The molecular weight excluding hydrogens is 440 g/mol. The normalized spacial score (nSPS) is 16.2. The first-order chi connectivity index (χ1) is 13.9. The monoisotopic (exact) mass is 462 g/mol. The van der Waals surface area contributed by atoms with Crippen LogP contribution in [0, 0.1) is 5.92 Å². The van der Waals surface area contributed by atoms with Crippen LogP contribution in [0.5, 0.6) is 11.5 Å². The summed E-state index contributed by atoms with van der Waals surface area (Å²) in [4.78, 5) is 30.6. The number of anilines is 2. The molecule has 29 heavy (non-hydrogen) atoms. The Morgan fingerprint density at radius 3 is 2.48 bits per heavy atom. The Bertz CT molecular complexity index is 879. The molecule has 1 saturated heterocycles. The van der Waals surface area contributed by atoms with E-state index in [0.717, 1.165) is 25.2 Å². The van der Waals surface area contributed by atoms with Gasteiger partial charge >= 0.3 is 0 Å². The number of primary amides is 1. The average Bonchev–Trinajstić information content (AvgIpc) is 2.74. The van der Waals surface area contributed by atoms with Crippen LogP contribution in [0.3, 0.4) is 0 Å². The lowest BCUT2D eigenvalue weighted by Gasteiger charge is -2.32. The number of halogens is 1. The number of hydrogen-bond acceptors (Lipinski definition) is 6. The zero-order chi connectivity index (χ0) is 21.0. The summed E-state index contributed by atoms with van der Waals surface area (Å²) < 4.78 is 11.2. The molecule has 1 aromatic heterocycles. The molecule has 1 atom stereocenters. The predicted molar refractivity (Wildman–Crippen MR) is 114 cm³/mol. The highest BCUT2D eigenvalue weighted by atomic mass is 79.9. The van der Waals surface area contributed by atoms with Crippen LogP contribution in [0.1, 0.15) is 23.2 Å². The second-order valence-corrected chi connectivity index (χ2v) is 7.53. The molecule has 8 nitrogen and oxygen atoms in total. The number of carbonyl (C=O) groups is 2. The van der Waals surface area contributed by atoms with Gasteiger partial charge in [-0.3, -0.25) is 9.59 Å². The smallest absolute Gasteiger partial charge is 0.255 e. The Kier molecular flexibility index (Phi) is 6.58. The summed E-state index contributed by atoms with van der Waals surface area (Å²) in [6, 6.07) is 6.85. The van der Waals surface area contributed by atoms with Gasteiger partial charge in [-0.2, -0.15) is 0 Å². The summed E-state index contributed by atoms with van der Waals surface area (Å²) >= 11 is 3.39. The molecule has 1 unspecified atom stereocenters. The van der Waals surface area contributed by atoms with E-state index in [4.69, 9.17) is 15.2 Å². The van der Waals surface area contributed by atoms with Gasteiger partial charge in [0.25, 0.3) is 5.91 Å². The fraction of sp³-hybridized carbons (Fsp3) is 0.350. The van der Waals surface area contributed by atoms with Crippen molar-refractivity contribution in [3.8, 4) is 11.5 Å². The maximum atomic E-state index is 12.6. The van der Waals surface area contributed by atoms with Gasteiger partial charge in [-0.05, 0) is 53.0 Å². The molecular formula is C20H23BrN4O4. The number of ether oxygens (including phenoxy) is 2. The molecule has 0 saturated carbocycles. The number of nitrogens with zero attached hydrogens (tertiary/aromatic N) is 2. The molecule has 2 heterocycles. The molecule has 1 fully saturated rings. The van der Waals surface area contributed by atoms with Crippen molar-refractivity contribution in [1.82, 2.24) is 4.98 Å². The quantitative estimate of drug-likeness (QED) is 0.683. The van der Waals surface area contributed by atoms with E-state index >= 15 is 0 Å². The van der Waals surface area contributed by atoms with Gasteiger partial charge < -0.3 is 25.4 Å². The fourth-order valence-corrected chi connectivity index (χ4v) is 3.82. The number of carbonyl (C=O) groups excluding carboxylic acids is 2. The molecule has 3 N–H and O–H groups in total. The van der Waals surface area contributed by atoms with Gasteiger partial charge in [0.2, 0.25) is 5.91 Å². The second-order valence-electron chi connectivity index (χ2n) is 6.74. The summed E-state index contributed by atoms with van der Waals surface area (Å²) in [5.41, 5.74) is 6.39. The Morgan fingerprint density at radius 1 is 1.24 bits per heavy atom. The zero-order valence-electron chi connectivity index (χ0n) is 16.3. The van der Waals surface area contributed by atoms with Crippen LogP contribution in [0.25, 0.3) is 0 Å². The number of pyridine rings is 1. The highest BCUT2D eigenvalue weighted by Gasteiger charge is 2.24. The summed E-state index contributed by atoms with van der Waals surface area (Å²) in [7, 11) is 3.04. The van der Waals surface area contributed by atoms with Gasteiger partial charge in [0.1, 0.15) is 21.8 Å². The third-order valence-electron chi connectivity index (χ3n) is 4.86. The number of hydrogen-bond donors (Lipinski definition) is 2. The summed E-state index contributed by atoms with van der Waals surface area (Å²) in [5.74, 6) is 0.997. The molecule has 0 radical (unpaired) electrons. The van der Waals surface area contributed by atoms with Crippen LogP contribution in [0.15, 0.2) is 34.9 Å². The van der Waals surface area contributed by atoms with E-state index in [0.29, 0.717) is 33.8 Å². The summed E-state index contributed by atoms with van der Waals surface area (Å²) in [6.07, 6.45) is 3.29. The predicted octanol–water partition coefficient (Wildman–Crippen LogP) is 2.82. The molecule has 0 spiro atoms. The van der Waals surface area contributed by atoms with Crippen LogP contribution in [-0.4, -0.2) is 44.1 Å². The highest BCUT2D eigenvalue weighted by Crippen LogP contribution is 2.35. The van der Waals surface area contributed by atoms with Gasteiger partial charge in [0.15, 0.2) is 0 Å². The molecule has 154 valence electrons. The van der Waals surface area contributed by atoms with Crippen molar-refractivity contribution < 1.29 is 19.1 Å². The molecule has 2 amide bonds. The average molecular weight is 463 g/mol. The van der Waals surface area contributed by atoms with E-state index < -0.39 is 0 Å². The number of amides is 2. The minimum absolute atomic E-state index is 0.160. The van der Waals surface area contributed by atoms with Crippen molar-refractivity contribution in [2.75, 3.05) is 37.5 Å². The maximum absolute atomic E-state index is 12.6. The summed E-state index contributed by atoms with van der Waals surface area (Å²) in [5, 5.41) is 2.82. The van der Waals surface area contributed by atoms with Crippen molar-refractivity contribution in [2.24, 2.45) is 11.7 Å². The molecule has 0 bridgehead atoms. The van der Waals surface area contributed by atoms with Crippen molar-refractivity contribution >= 4 is 39.2 Å². The van der Waals surface area contributed by atoms with E-state index in [1.807, 2.05) is 11.0 Å². The van der Waals surface area contributed by atoms with Crippen LogP contribution < -0.4 is 25.4 Å². The topological polar surface area (TPSA) is 107 Å². The lowest BCUT2D eigenvalue weighted by atomic mass is 9.97. The first-order valence-electron chi connectivity index (χ1n) is 9.16. The van der Waals surface area contributed by atoms with Gasteiger partial charge in [0, 0.05) is 18.7 Å². The molecule has 1 aliphatic heterocycles. The minimum Gasteiger partial charge on any atom is -0.495 e. The molecule has 3 rings (SSSR count). The van der Waals surface area contributed by atoms with Crippen molar-refractivity contribution in [1.29, 1.82) is 0 Å². The Morgan fingerprint density at radius 2 is 1.93 bits per heavy atom. The van der Waals surface area contributed by atoms with E-state index in [1.165, 1.54) is 14.2 Å². The first kappa shape index (κ1) is 20.9. The zero-order valence-corrected chi connectivity index (χ0v) is 17.9. The number of nitrogens with two attached hydrogens (primary N) is 1. The fourth-order valence-electron chi connectivity index (χ4n) is 3.27. The van der Waals surface area contributed by atoms with E-state index in [-0.39, 0.29) is 17.7 Å². The van der Waals surface area contributed by atoms with Crippen LogP contribution in [0.2, 0.25) is 0 Å². The van der Waals surface area contributed by atoms with Crippen molar-refractivity contribution in [2.45, 2.75) is 12.8 Å². The van der Waals surface area contributed by atoms with E-state index in [1.54, 1.807) is 24.4 Å². The Labute approximate surface area is 177 Å². The van der Waals surface area contributed by atoms with E-state index in [2.05, 4.69) is 26.2 Å². The number of piperidine rings is 1. The van der Waals surface area contributed by atoms with Crippen LogP contribution in [0.4, 0.5) is 11.5 Å². The number of nitrogens with one attached hydrogen (secondary N) is 1. The van der Waals surface area contributed by atoms with Gasteiger partial charge in [-0.15, -0.1) is 0 Å². The standard InChI is InChI=1S/C20H23BrN4O4/c1-28-15-8-13(9-16(29-2)18(15)21)20(27)24-14-5-6-17(23-10-14)25-7-3-4-12(11-25)19(22)26/h5-6,8-10,12H,3-4,7,11H2,1-2H3,(H2,22,26)(H,24,27). The van der Waals surface area contributed by atoms with E-state index in [9.17, 15) is 9.59 Å². The van der Waals surface area contributed by atoms with Crippen molar-refractivity contribution in [3.05, 3.63) is 40.5 Å². The SMILES string of the molecule is COc1cc(C(=O)Nc2ccc(N3CCCC(C(N)=O)C3)nc2)cc(OC)c1Br. The largest absolute Gasteiger partial charge is 0.495 e. The third kappa shape index (κ3) is 4.79. The minimum atomic E-state index is -0.310. The van der Waals surface area contributed by atoms with Gasteiger partial charge in [0.05, 0.1) is 32.0 Å². The first-order valence-corrected chi connectivity index (χ1v) is 9.95. The van der Waals surface area contributed by atoms with Crippen molar-refractivity contribution in [3.63, 3.8) is 0 Å². The molecule has 0 aliphatic carbocycles. The third-order valence-corrected chi connectivity index (χ3v) is 5.64. The Balaban J connectivity index is 1.71. The molecule has 1 aliphatic rings. The number of benzene rings is 1. The lowest BCUT2D eigenvalue weighted by molar-refractivity contribution is -0.122. The Hall–Kier alpha value is -2.81. The molecule has 2 aromatic rings. The highest BCUT2D eigenvalue weighted by molar-refractivity contribution is 9.10. The van der Waals surface area contributed by atoms with Crippen LogP contribution >= 0.6 is 15.9 Å². The number of rotatable bonds is 6. The second kappa shape index (κ2) is 9.13.